The highest BCUT2D eigenvalue weighted by Gasteiger charge is 2.22. The highest BCUT2D eigenvalue weighted by atomic mass is 16.5. The van der Waals surface area contributed by atoms with Gasteiger partial charge in [-0.15, -0.1) is 0 Å². The van der Waals surface area contributed by atoms with Gasteiger partial charge >= 0.3 is 0 Å². The number of ether oxygens (including phenoxy) is 1. The van der Waals surface area contributed by atoms with Gasteiger partial charge in [-0.2, -0.15) is 0 Å². The molecule has 27 heavy (non-hydrogen) atoms. The molecule has 0 spiro atoms. The molecule has 0 unspecified atom stereocenters. The van der Waals surface area contributed by atoms with E-state index in [1.165, 1.54) is 31.2 Å². The van der Waals surface area contributed by atoms with Gasteiger partial charge in [0.2, 0.25) is 0 Å². The lowest BCUT2D eigenvalue weighted by Gasteiger charge is -2.30. The van der Waals surface area contributed by atoms with Crippen LogP contribution in [0.1, 0.15) is 55.4 Å². The van der Waals surface area contributed by atoms with Crippen LogP contribution in [0.2, 0.25) is 0 Å². The Labute approximate surface area is 163 Å². The van der Waals surface area contributed by atoms with Gasteiger partial charge in [-0.25, -0.2) is 0 Å². The number of aliphatic hydroxyl groups excluding tert-OH is 1. The van der Waals surface area contributed by atoms with E-state index < -0.39 is 6.10 Å². The van der Waals surface area contributed by atoms with Crippen LogP contribution in [0.4, 0.5) is 0 Å². The summed E-state index contributed by atoms with van der Waals surface area (Å²) in [7, 11) is 0. The number of hydrogen-bond acceptors (Lipinski definition) is 3. The number of rotatable bonds is 8. The summed E-state index contributed by atoms with van der Waals surface area (Å²) in [5.74, 6) is 0.691. The maximum atomic E-state index is 10.5. The zero-order valence-corrected chi connectivity index (χ0v) is 16.6. The second-order valence-corrected chi connectivity index (χ2v) is 7.97. The molecule has 2 aromatic carbocycles. The third-order valence-corrected chi connectivity index (χ3v) is 5.66. The van der Waals surface area contributed by atoms with Gasteiger partial charge in [-0.1, -0.05) is 79.9 Å². The van der Waals surface area contributed by atoms with Crippen molar-refractivity contribution >= 4 is 0 Å². The monoisotopic (exact) mass is 367 g/mol. The fourth-order valence-electron chi connectivity index (χ4n) is 3.93. The van der Waals surface area contributed by atoms with E-state index >= 15 is 0 Å². The Bertz CT molecular complexity index is 671. The van der Waals surface area contributed by atoms with E-state index in [-0.39, 0.29) is 6.10 Å². The maximum Gasteiger partial charge on any atom is 0.108 e. The Morgan fingerprint density at radius 2 is 1.67 bits per heavy atom. The minimum absolute atomic E-state index is 0.157. The number of hydrogen-bond donors (Lipinski definition) is 2. The molecule has 0 amide bonds. The van der Waals surface area contributed by atoms with E-state index in [1.54, 1.807) is 0 Å². The Morgan fingerprint density at radius 1 is 1.00 bits per heavy atom. The van der Waals surface area contributed by atoms with Gasteiger partial charge in [-0.05, 0) is 36.8 Å². The van der Waals surface area contributed by atoms with E-state index in [9.17, 15) is 5.11 Å². The second-order valence-electron chi connectivity index (χ2n) is 7.97. The van der Waals surface area contributed by atoms with Gasteiger partial charge in [0.15, 0.2) is 0 Å². The van der Waals surface area contributed by atoms with E-state index in [1.807, 2.05) is 18.2 Å². The van der Waals surface area contributed by atoms with Crippen LogP contribution in [-0.4, -0.2) is 30.4 Å². The number of aliphatic hydroxyl groups is 1. The van der Waals surface area contributed by atoms with Crippen LogP contribution in [0.3, 0.4) is 0 Å². The molecule has 2 aromatic rings. The first-order valence-electron chi connectivity index (χ1n) is 10.3. The molecule has 1 saturated carbocycles. The predicted molar refractivity (Wildman–Crippen MR) is 111 cm³/mol. The average Bonchev–Trinajstić information content (AvgIpc) is 2.69. The maximum absolute atomic E-state index is 10.5. The lowest BCUT2D eigenvalue weighted by atomic mass is 9.86. The van der Waals surface area contributed by atoms with Gasteiger partial charge in [0.05, 0.1) is 12.7 Å². The molecule has 0 saturated heterocycles. The van der Waals surface area contributed by atoms with Crippen LogP contribution in [0.15, 0.2) is 54.6 Å². The van der Waals surface area contributed by atoms with Gasteiger partial charge in [0.25, 0.3) is 0 Å². The number of aryl methyl sites for hydroxylation is 1. The van der Waals surface area contributed by atoms with Crippen molar-refractivity contribution in [3.05, 3.63) is 71.3 Å². The van der Waals surface area contributed by atoms with Crippen LogP contribution in [0, 0.1) is 12.8 Å². The molecule has 1 aliphatic carbocycles. The summed E-state index contributed by atoms with van der Waals surface area (Å²) in [4.78, 5) is 0. The van der Waals surface area contributed by atoms with Gasteiger partial charge < -0.3 is 15.2 Å². The molecule has 0 bridgehead atoms. The second kappa shape index (κ2) is 10.0. The summed E-state index contributed by atoms with van der Waals surface area (Å²) >= 11 is 0. The molecule has 1 aliphatic rings. The molecular formula is C24H33NO2. The molecule has 1 fully saturated rings. The molecule has 146 valence electrons. The summed E-state index contributed by atoms with van der Waals surface area (Å²) in [5.41, 5.74) is 3.46. The Balaban J connectivity index is 1.58. The third kappa shape index (κ3) is 5.90. The zero-order valence-electron chi connectivity index (χ0n) is 16.6. The molecule has 3 heteroatoms. The van der Waals surface area contributed by atoms with Crippen molar-refractivity contribution in [2.24, 2.45) is 5.92 Å². The number of nitrogens with one attached hydrogen (secondary N) is 1. The lowest BCUT2D eigenvalue weighted by molar-refractivity contribution is 0.00447. The van der Waals surface area contributed by atoms with Crippen LogP contribution >= 0.6 is 0 Å². The van der Waals surface area contributed by atoms with E-state index in [0.29, 0.717) is 25.1 Å². The van der Waals surface area contributed by atoms with E-state index in [2.05, 4.69) is 55.6 Å². The summed E-state index contributed by atoms with van der Waals surface area (Å²) in [5, 5.41) is 14.0. The Hall–Kier alpha value is -1.68. The van der Waals surface area contributed by atoms with Crippen LogP contribution in [-0.2, 0) is 4.74 Å². The summed E-state index contributed by atoms with van der Waals surface area (Å²) in [6.07, 6.45) is 4.46. The molecule has 0 radical (unpaired) electrons. The molecule has 2 N–H and O–H groups in total. The van der Waals surface area contributed by atoms with Crippen molar-refractivity contribution in [1.29, 1.82) is 0 Å². The quantitative estimate of drug-likeness (QED) is 0.715. The summed E-state index contributed by atoms with van der Waals surface area (Å²) in [6, 6.07) is 19.2. The normalized spacial score (nSPS) is 22.3. The Morgan fingerprint density at radius 3 is 2.37 bits per heavy atom. The van der Waals surface area contributed by atoms with Crippen LogP contribution in [0.25, 0.3) is 0 Å². The van der Waals surface area contributed by atoms with Crippen molar-refractivity contribution in [1.82, 2.24) is 5.32 Å². The van der Waals surface area contributed by atoms with Crippen molar-refractivity contribution < 1.29 is 9.84 Å². The van der Waals surface area contributed by atoms with Crippen LogP contribution < -0.4 is 5.32 Å². The first-order valence-corrected chi connectivity index (χ1v) is 10.3. The van der Waals surface area contributed by atoms with E-state index in [0.717, 1.165) is 11.1 Å². The molecule has 0 aliphatic heterocycles. The number of benzene rings is 2. The first-order chi connectivity index (χ1) is 13.1. The average molecular weight is 368 g/mol. The summed E-state index contributed by atoms with van der Waals surface area (Å²) in [6.45, 7) is 5.30. The minimum atomic E-state index is -0.504. The van der Waals surface area contributed by atoms with Gasteiger partial charge in [0.1, 0.15) is 6.10 Å². The standard InChI is InChI=1S/C24H33NO2/c1-18-12-14-21(15-13-18)24(20-9-4-3-5-10-20)27-17-22(26)16-25-23-11-7-6-8-19(23)2/h3-5,9-10,12-15,19,22-26H,6-8,11,16-17H2,1-2H3/t19-,22-,23+,24-/m0/s1. The van der Waals surface area contributed by atoms with Crippen molar-refractivity contribution in [3.63, 3.8) is 0 Å². The van der Waals surface area contributed by atoms with Gasteiger partial charge in [-0.3, -0.25) is 0 Å². The highest BCUT2D eigenvalue weighted by Crippen LogP contribution is 2.27. The van der Waals surface area contributed by atoms with Crippen LogP contribution in [0.5, 0.6) is 0 Å². The first kappa shape index (κ1) is 20.1. The lowest BCUT2D eigenvalue weighted by Crippen LogP contribution is -2.42. The smallest absolute Gasteiger partial charge is 0.108 e. The molecule has 4 atom stereocenters. The van der Waals surface area contributed by atoms with Crippen molar-refractivity contribution in [3.8, 4) is 0 Å². The zero-order chi connectivity index (χ0) is 19.1. The molecular weight excluding hydrogens is 334 g/mol. The van der Waals surface area contributed by atoms with Crippen molar-refractivity contribution in [2.75, 3.05) is 13.2 Å². The molecule has 0 heterocycles. The SMILES string of the molecule is Cc1ccc([C@@H](OC[C@@H](O)CN[C@@H]2CCCC[C@@H]2C)c2ccccc2)cc1. The van der Waals surface area contributed by atoms with E-state index in [4.69, 9.17) is 4.74 Å². The fraction of sp³-hybridized carbons (Fsp3) is 0.500. The Kier molecular flexibility index (Phi) is 7.45. The highest BCUT2D eigenvalue weighted by molar-refractivity contribution is 5.31. The van der Waals surface area contributed by atoms with Crippen molar-refractivity contribution in [2.45, 2.75) is 57.8 Å². The summed E-state index contributed by atoms with van der Waals surface area (Å²) < 4.78 is 6.19. The predicted octanol–water partition coefficient (Wildman–Crippen LogP) is 4.63. The molecule has 3 nitrogen and oxygen atoms in total. The van der Waals surface area contributed by atoms with Gasteiger partial charge in [0, 0.05) is 12.6 Å². The fourth-order valence-corrected chi connectivity index (χ4v) is 3.93. The molecule has 3 rings (SSSR count). The molecule has 0 aromatic heterocycles. The topological polar surface area (TPSA) is 41.5 Å². The largest absolute Gasteiger partial charge is 0.389 e. The third-order valence-electron chi connectivity index (χ3n) is 5.66. The minimum Gasteiger partial charge on any atom is -0.389 e.